The Hall–Kier alpha value is -1.10. The number of piperazine rings is 1. The van der Waals surface area contributed by atoms with Gasteiger partial charge in [-0.1, -0.05) is 12.1 Å². The largest absolute Gasteiger partial charge is 0.399 e. The van der Waals surface area contributed by atoms with E-state index in [0.29, 0.717) is 12.2 Å². The third-order valence-electron chi connectivity index (χ3n) is 3.32. The zero-order chi connectivity index (χ0) is 12.3. The summed E-state index contributed by atoms with van der Waals surface area (Å²) in [6.07, 6.45) is -0.443. The summed E-state index contributed by atoms with van der Waals surface area (Å²) in [6.45, 7) is 4.89. The third-order valence-corrected chi connectivity index (χ3v) is 3.32. The molecule has 1 unspecified atom stereocenters. The molecule has 1 aliphatic heterocycles. The zero-order valence-electron chi connectivity index (χ0n) is 10.3. The summed E-state index contributed by atoms with van der Waals surface area (Å²) in [6, 6.07) is 7.50. The number of likely N-dealkylation sites (N-methyl/N-ethyl adjacent to an activating group) is 1. The van der Waals surface area contributed by atoms with Gasteiger partial charge >= 0.3 is 0 Å². The molecular formula is C13H21N3O. The molecule has 4 heteroatoms. The van der Waals surface area contributed by atoms with E-state index in [0.717, 1.165) is 31.7 Å². The maximum absolute atomic E-state index is 10.2. The monoisotopic (exact) mass is 235 g/mol. The molecule has 1 aromatic rings. The molecule has 2 rings (SSSR count). The summed E-state index contributed by atoms with van der Waals surface area (Å²) in [5.74, 6) is 0. The maximum atomic E-state index is 10.2. The van der Waals surface area contributed by atoms with Crippen molar-refractivity contribution in [1.82, 2.24) is 9.80 Å². The Balaban J connectivity index is 1.90. The highest BCUT2D eigenvalue weighted by atomic mass is 16.3. The fraction of sp³-hybridized carbons (Fsp3) is 0.538. The molecule has 1 fully saturated rings. The average Bonchev–Trinajstić information content (AvgIpc) is 2.32. The lowest BCUT2D eigenvalue weighted by Crippen LogP contribution is -2.45. The number of aliphatic hydroxyl groups excluding tert-OH is 1. The van der Waals surface area contributed by atoms with Crippen molar-refractivity contribution < 1.29 is 5.11 Å². The number of nitrogens with two attached hydrogens (primary N) is 1. The molecule has 0 amide bonds. The van der Waals surface area contributed by atoms with Crippen LogP contribution >= 0.6 is 0 Å². The van der Waals surface area contributed by atoms with Crippen LogP contribution in [0.3, 0.4) is 0 Å². The van der Waals surface area contributed by atoms with Gasteiger partial charge in [0, 0.05) is 38.4 Å². The Morgan fingerprint density at radius 3 is 2.65 bits per heavy atom. The van der Waals surface area contributed by atoms with Crippen LogP contribution in [0, 0.1) is 0 Å². The first kappa shape index (κ1) is 12.4. The summed E-state index contributed by atoms with van der Waals surface area (Å²) in [7, 11) is 2.13. The molecule has 0 aliphatic carbocycles. The normalized spacial score (nSPS) is 20.4. The zero-order valence-corrected chi connectivity index (χ0v) is 10.3. The summed E-state index contributed by atoms with van der Waals surface area (Å²) in [5, 5.41) is 10.2. The van der Waals surface area contributed by atoms with E-state index < -0.39 is 6.10 Å². The minimum absolute atomic E-state index is 0.443. The topological polar surface area (TPSA) is 52.7 Å². The molecule has 0 saturated carbocycles. The first-order valence-corrected chi connectivity index (χ1v) is 6.09. The predicted molar refractivity (Wildman–Crippen MR) is 69.8 cm³/mol. The van der Waals surface area contributed by atoms with E-state index in [9.17, 15) is 5.11 Å². The van der Waals surface area contributed by atoms with Crippen molar-refractivity contribution in [3.63, 3.8) is 0 Å². The van der Waals surface area contributed by atoms with Gasteiger partial charge in [0.05, 0.1) is 6.10 Å². The van der Waals surface area contributed by atoms with Gasteiger partial charge in [-0.05, 0) is 24.7 Å². The van der Waals surface area contributed by atoms with Crippen molar-refractivity contribution in [3.05, 3.63) is 29.8 Å². The number of β-amino-alcohol motifs (C(OH)–C–C–N with tert-alkyl or cyclic N) is 1. The third kappa shape index (κ3) is 3.43. The van der Waals surface area contributed by atoms with Crippen molar-refractivity contribution in [1.29, 1.82) is 0 Å². The van der Waals surface area contributed by atoms with E-state index in [2.05, 4.69) is 16.8 Å². The van der Waals surface area contributed by atoms with Crippen LogP contribution in [0.1, 0.15) is 11.7 Å². The average molecular weight is 235 g/mol. The number of nitrogen functional groups attached to an aromatic ring is 1. The van der Waals surface area contributed by atoms with Crippen LogP contribution in [0.4, 0.5) is 5.69 Å². The number of hydrogen-bond acceptors (Lipinski definition) is 4. The van der Waals surface area contributed by atoms with Crippen LogP contribution in [0.15, 0.2) is 24.3 Å². The van der Waals surface area contributed by atoms with Gasteiger partial charge in [0.15, 0.2) is 0 Å². The van der Waals surface area contributed by atoms with Gasteiger partial charge in [-0.2, -0.15) is 0 Å². The number of rotatable bonds is 3. The Morgan fingerprint density at radius 1 is 1.29 bits per heavy atom. The summed E-state index contributed by atoms with van der Waals surface area (Å²) < 4.78 is 0. The van der Waals surface area contributed by atoms with Crippen LogP contribution in [0.5, 0.6) is 0 Å². The molecule has 3 N–H and O–H groups in total. The van der Waals surface area contributed by atoms with E-state index >= 15 is 0 Å². The van der Waals surface area contributed by atoms with Crippen molar-refractivity contribution in [2.75, 3.05) is 45.5 Å². The highest BCUT2D eigenvalue weighted by Crippen LogP contribution is 2.17. The highest BCUT2D eigenvalue weighted by Gasteiger charge is 2.17. The van der Waals surface area contributed by atoms with Gasteiger partial charge in [-0.15, -0.1) is 0 Å². The fourth-order valence-corrected chi connectivity index (χ4v) is 2.15. The summed E-state index contributed by atoms with van der Waals surface area (Å²) in [4.78, 5) is 4.61. The molecule has 94 valence electrons. The minimum atomic E-state index is -0.443. The molecule has 0 radical (unpaired) electrons. The van der Waals surface area contributed by atoms with Crippen molar-refractivity contribution in [3.8, 4) is 0 Å². The molecule has 1 atom stereocenters. The van der Waals surface area contributed by atoms with Crippen LogP contribution in [-0.2, 0) is 0 Å². The van der Waals surface area contributed by atoms with E-state index in [1.165, 1.54) is 0 Å². The number of anilines is 1. The molecule has 0 spiro atoms. The lowest BCUT2D eigenvalue weighted by molar-refractivity contribution is 0.0805. The van der Waals surface area contributed by atoms with Gasteiger partial charge in [0.2, 0.25) is 0 Å². The maximum Gasteiger partial charge on any atom is 0.0917 e. The minimum Gasteiger partial charge on any atom is -0.399 e. The Bertz CT molecular complexity index is 361. The summed E-state index contributed by atoms with van der Waals surface area (Å²) in [5.41, 5.74) is 7.33. The number of hydrogen-bond donors (Lipinski definition) is 2. The standard InChI is InChI=1S/C13H21N3O/c1-15-5-7-16(8-6-15)10-13(17)11-3-2-4-12(14)9-11/h2-4,9,13,17H,5-8,10,14H2,1H3. The van der Waals surface area contributed by atoms with E-state index in [1.807, 2.05) is 24.3 Å². The molecular weight excluding hydrogens is 214 g/mol. The molecule has 1 aromatic carbocycles. The van der Waals surface area contributed by atoms with E-state index in [1.54, 1.807) is 0 Å². The van der Waals surface area contributed by atoms with Crippen LogP contribution in [0.2, 0.25) is 0 Å². The molecule has 4 nitrogen and oxygen atoms in total. The number of nitrogens with zero attached hydrogens (tertiary/aromatic N) is 2. The second-order valence-electron chi connectivity index (χ2n) is 4.79. The lowest BCUT2D eigenvalue weighted by Gasteiger charge is -2.33. The van der Waals surface area contributed by atoms with Crippen molar-refractivity contribution >= 4 is 5.69 Å². The predicted octanol–water partition coefficient (Wildman–Crippen LogP) is 0.550. The second kappa shape index (κ2) is 5.49. The quantitative estimate of drug-likeness (QED) is 0.751. The van der Waals surface area contributed by atoms with Crippen LogP contribution < -0.4 is 5.73 Å². The SMILES string of the molecule is CN1CCN(CC(O)c2cccc(N)c2)CC1. The lowest BCUT2D eigenvalue weighted by atomic mass is 10.1. The van der Waals surface area contributed by atoms with Gasteiger partial charge in [-0.3, -0.25) is 4.90 Å². The fourth-order valence-electron chi connectivity index (χ4n) is 2.15. The molecule has 1 saturated heterocycles. The highest BCUT2D eigenvalue weighted by molar-refractivity contribution is 5.41. The first-order chi connectivity index (χ1) is 8.15. The molecule has 0 bridgehead atoms. The Morgan fingerprint density at radius 2 is 2.00 bits per heavy atom. The molecule has 0 aromatic heterocycles. The van der Waals surface area contributed by atoms with E-state index in [4.69, 9.17) is 5.73 Å². The van der Waals surface area contributed by atoms with Crippen molar-refractivity contribution in [2.45, 2.75) is 6.10 Å². The Labute approximate surface area is 103 Å². The van der Waals surface area contributed by atoms with Gasteiger partial charge in [0.25, 0.3) is 0 Å². The van der Waals surface area contributed by atoms with E-state index in [-0.39, 0.29) is 0 Å². The molecule has 1 heterocycles. The smallest absolute Gasteiger partial charge is 0.0917 e. The van der Waals surface area contributed by atoms with Gasteiger partial charge in [0.1, 0.15) is 0 Å². The van der Waals surface area contributed by atoms with Crippen LogP contribution in [0.25, 0.3) is 0 Å². The van der Waals surface area contributed by atoms with Crippen molar-refractivity contribution in [2.24, 2.45) is 0 Å². The number of benzene rings is 1. The molecule has 17 heavy (non-hydrogen) atoms. The second-order valence-corrected chi connectivity index (χ2v) is 4.79. The van der Waals surface area contributed by atoms with Gasteiger partial charge in [-0.25, -0.2) is 0 Å². The first-order valence-electron chi connectivity index (χ1n) is 6.09. The summed E-state index contributed by atoms with van der Waals surface area (Å²) >= 11 is 0. The van der Waals surface area contributed by atoms with Gasteiger partial charge < -0.3 is 15.7 Å². The Kier molecular flexibility index (Phi) is 3.99. The van der Waals surface area contributed by atoms with Crippen LogP contribution in [-0.4, -0.2) is 54.7 Å². The molecule has 1 aliphatic rings. The number of aliphatic hydroxyl groups is 1.